The van der Waals surface area contributed by atoms with Crippen LogP contribution in [0.3, 0.4) is 0 Å². The van der Waals surface area contributed by atoms with E-state index in [2.05, 4.69) is 5.32 Å². The molecule has 0 radical (unpaired) electrons. The number of amides is 1. The minimum absolute atomic E-state index is 0.154. The molecule has 1 aromatic carbocycles. The van der Waals surface area contributed by atoms with Crippen LogP contribution in [0.4, 0.5) is 5.69 Å². The van der Waals surface area contributed by atoms with Gasteiger partial charge in [0, 0.05) is 29.5 Å². The number of esters is 1. The van der Waals surface area contributed by atoms with Gasteiger partial charge in [0.2, 0.25) is 0 Å². The number of anilines is 1. The van der Waals surface area contributed by atoms with Crippen LogP contribution in [-0.2, 0) is 16.6 Å². The van der Waals surface area contributed by atoms with Crippen molar-refractivity contribution in [3.05, 3.63) is 52.8 Å². The average molecular weight is 349 g/mol. The fourth-order valence-corrected chi connectivity index (χ4v) is 2.14. The zero-order chi connectivity index (χ0) is 17.9. The van der Waals surface area contributed by atoms with Crippen LogP contribution in [0.2, 0.25) is 5.02 Å². The van der Waals surface area contributed by atoms with Crippen molar-refractivity contribution in [2.24, 2.45) is 7.05 Å². The number of ether oxygens (including phenoxy) is 1. The van der Waals surface area contributed by atoms with Gasteiger partial charge < -0.3 is 14.6 Å². The minimum atomic E-state index is -0.996. The summed E-state index contributed by atoms with van der Waals surface area (Å²) in [5, 5.41) is 3.18. The van der Waals surface area contributed by atoms with Crippen LogP contribution < -0.4 is 5.32 Å². The molecule has 1 aromatic heterocycles. The maximum atomic E-state index is 12.2. The highest BCUT2D eigenvalue weighted by Crippen LogP contribution is 2.15. The molecule has 6 nitrogen and oxygen atoms in total. The molecule has 2 rings (SSSR count). The molecule has 0 aliphatic carbocycles. The number of ketones is 1. The first kappa shape index (κ1) is 17.7. The molecule has 24 heavy (non-hydrogen) atoms. The van der Waals surface area contributed by atoms with Gasteiger partial charge in [-0.15, -0.1) is 0 Å². The van der Waals surface area contributed by atoms with Gasteiger partial charge in [-0.2, -0.15) is 0 Å². The van der Waals surface area contributed by atoms with Crippen LogP contribution in [-0.4, -0.2) is 28.3 Å². The van der Waals surface area contributed by atoms with Crippen molar-refractivity contribution >= 4 is 34.9 Å². The lowest BCUT2D eigenvalue weighted by molar-refractivity contribution is -0.123. The number of benzene rings is 1. The van der Waals surface area contributed by atoms with E-state index >= 15 is 0 Å². The quantitative estimate of drug-likeness (QED) is 0.665. The van der Waals surface area contributed by atoms with Crippen molar-refractivity contribution in [1.29, 1.82) is 0 Å². The van der Waals surface area contributed by atoms with E-state index in [0.717, 1.165) is 0 Å². The summed E-state index contributed by atoms with van der Waals surface area (Å²) in [5.74, 6) is -1.30. The number of halogens is 1. The number of nitrogens with zero attached hydrogens (tertiary/aromatic N) is 1. The third-order valence-corrected chi connectivity index (χ3v) is 3.64. The van der Waals surface area contributed by atoms with Gasteiger partial charge in [0.25, 0.3) is 5.91 Å². The van der Waals surface area contributed by atoms with Crippen molar-refractivity contribution in [1.82, 2.24) is 4.57 Å². The van der Waals surface area contributed by atoms with E-state index in [9.17, 15) is 14.4 Å². The highest BCUT2D eigenvalue weighted by molar-refractivity contribution is 6.30. The van der Waals surface area contributed by atoms with E-state index in [0.29, 0.717) is 16.3 Å². The Morgan fingerprint density at radius 1 is 1.21 bits per heavy atom. The summed E-state index contributed by atoms with van der Waals surface area (Å²) in [6.07, 6.45) is 0.543. The molecule has 7 heteroatoms. The number of hydrogen-bond donors (Lipinski definition) is 1. The van der Waals surface area contributed by atoms with E-state index < -0.39 is 18.0 Å². The molecule has 1 amide bonds. The van der Waals surface area contributed by atoms with Gasteiger partial charge in [-0.3, -0.25) is 9.59 Å². The molecule has 2 aromatic rings. The van der Waals surface area contributed by atoms with Crippen LogP contribution in [0.25, 0.3) is 0 Å². The second-order valence-electron chi connectivity index (χ2n) is 5.32. The Bertz CT molecular complexity index is 780. The third-order valence-electron chi connectivity index (χ3n) is 3.39. The number of Topliss-reactive ketones (excluding diaryl/α,β-unsaturated/α-hetero) is 1. The molecule has 126 valence electrons. The molecule has 0 fully saturated rings. The molecule has 0 aliphatic rings. The molecule has 0 saturated heterocycles. The number of nitrogens with one attached hydrogen (secondary N) is 1. The van der Waals surface area contributed by atoms with Crippen molar-refractivity contribution in [2.45, 2.75) is 20.0 Å². The second-order valence-corrected chi connectivity index (χ2v) is 5.76. The Balaban J connectivity index is 2.01. The van der Waals surface area contributed by atoms with E-state index in [1.165, 1.54) is 30.7 Å². The standard InChI is InChI=1S/C17H17ClN2O4/c1-10(21)12-8-15(20(3)9-12)17(23)24-11(2)16(22)19-14-6-4-13(18)5-7-14/h4-9,11H,1-3H3,(H,19,22)/t11-/m1/s1. The van der Waals surface area contributed by atoms with E-state index in [1.807, 2.05) is 0 Å². The lowest BCUT2D eigenvalue weighted by Crippen LogP contribution is -2.30. The number of carbonyl (C=O) groups is 3. The van der Waals surface area contributed by atoms with E-state index in [1.54, 1.807) is 31.3 Å². The Morgan fingerprint density at radius 3 is 2.38 bits per heavy atom. The first-order chi connectivity index (χ1) is 11.3. The number of carbonyl (C=O) groups excluding carboxylic acids is 3. The van der Waals surface area contributed by atoms with Crippen molar-refractivity contribution in [2.75, 3.05) is 5.32 Å². The zero-order valence-electron chi connectivity index (χ0n) is 13.5. The van der Waals surface area contributed by atoms with Gasteiger partial charge in [-0.25, -0.2) is 4.79 Å². The summed E-state index contributed by atoms with van der Waals surface area (Å²) in [6, 6.07) is 8.01. The van der Waals surface area contributed by atoms with Gasteiger partial charge in [0.05, 0.1) is 0 Å². The molecule has 0 saturated carbocycles. The van der Waals surface area contributed by atoms with Gasteiger partial charge in [0.15, 0.2) is 11.9 Å². The minimum Gasteiger partial charge on any atom is -0.448 e. The van der Waals surface area contributed by atoms with Gasteiger partial charge in [-0.1, -0.05) is 11.6 Å². The smallest absolute Gasteiger partial charge is 0.355 e. The third kappa shape index (κ3) is 4.23. The molecule has 1 N–H and O–H groups in total. The van der Waals surface area contributed by atoms with Crippen LogP contribution in [0, 0.1) is 0 Å². The van der Waals surface area contributed by atoms with Gasteiger partial charge in [0.1, 0.15) is 5.69 Å². The molecular weight excluding hydrogens is 332 g/mol. The summed E-state index contributed by atoms with van der Waals surface area (Å²) in [6.45, 7) is 2.88. The lowest BCUT2D eigenvalue weighted by atomic mass is 10.2. The van der Waals surface area contributed by atoms with Crippen LogP contribution >= 0.6 is 11.6 Å². The molecule has 0 aliphatic heterocycles. The van der Waals surface area contributed by atoms with Crippen molar-refractivity contribution in [3.8, 4) is 0 Å². The Morgan fingerprint density at radius 2 is 1.83 bits per heavy atom. The number of aromatic nitrogens is 1. The van der Waals surface area contributed by atoms with Crippen LogP contribution in [0.1, 0.15) is 34.7 Å². The van der Waals surface area contributed by atoms with Gasteiger partial charge in [-0.05, 0) is 44.2 Å². The fourth-order valence-electron chi connectivity index (χ4n) is 2.01. The summed E-state index contributed by atoms with van der Waals surface area (Å²) < 4.78 is 6.65. The normalized spacial score (nSPS) is 11.7. The first-order valence-corrected chi connectivity index (χ1v) is 7.60. The summed E-state index contributed by atoms with van der Waals surface area (Å²) >= 11 is 5.78. The molecule has 0 unspecified atom stereocenters. The topological polar surface area (TPSA) is 77.4 Å². The molecule has 0 bridgehead atoms. The van der Waals surface area contributed by atoms with Gasteiger partial charge >= 0.3 is 5.97 Å². The maximum absolute atomic E-state index is 12.2. The predicted molar refractivity (Wildman–Crippen MR) is 90.4 cm³/mol. The van der Waals surface area contributed by atoms with Crippen LogP contribution in [0.5, 0.6) is 0 Å². The monoisotopic (exact) mass is 348 g/mol. The Kier molecular flexibility index (Phi) is 5.41. The number of rotatable bonds is 5. The second kappa shape index (κ2) is 7.31. The molecular formula is C17H17ClN2O4. The largest absolute Gasteiger partial charge is 0.448 e. The Labute approximate surface area is 144 Å². The highest BCUT2D eigenvalue weighted by Gasteiger charge is 2.22. The highest BCUT2D eigenvalue weighted by atomic mass is 35.5. The van der Waals surface area contributed by atoms with E-state index in [-0.39, 0.29) is 11.5 Å². The zero-order valence-corrected chi connectivity index (χ0v) is 14.3. The number of hydrogen-bond acceptors (Lipinski definition) is 4. The summed E-state index contributed by atoms with van der Waals surface area (Å²) in [7, 11) is 1.63. The average Bonchev–Trinajstić information content (AvgIpc) is 2.91. The summed E-state index contributed by atoms with van der Waals surface area (Å²) in [5.41, 5.74) is 1.15. The van der Waals surface area contributed by atoms with Crippen LogP contribution in [0.15, 0.2) is 36.5 Å². The van der Waals surface area contributed by atoms with Crippen molar-refractivity contribution < 1.29 is 19.1 Å². The lowest BCUT2D eigenvalue weighted by Gasteiger charge is -2.13. The maximum Gasteiger partial charge on any atom is 0.355 e. The summed E-state index contributed by atoms with van der Waals surface area (Å²) in [4.78, 5) is 35.6. The molecule has 0 spiro atoms. The molecule has 1 heterocycles. The van der Waals surface area contributed by atoms with Crippen molar-refractivity contribution in [3.63, 3.8) is 0 Å². The number of aryl methyl sites for hydroxylation is 1. The fraction of sp³-hybridized carbons (Fsp3) is 0.235. The van der Waals surface area contributed by atoms with E-state index in [4.69, 9.17) is 16.3 Å². The molecule has 1 atom stereocenters. The first-order valence-electron chi connectivity index (χ1n) is 7.22. The SMILES string of the molecule is CC(=O)c1cc(C(=O)O[C@H](C)C(=O)Nc2ccc(Cl)cc2)n(C)c1. The Hall–Kier alpha value is -2.60. The predicted octanol–water partition coefficient (Wildman–Crippen LogP) is 3.07.